The minimum Gasteiger partial charge on any atom is -0.466 e. The van der Waals surface area contributed by atoms with Crippen LogP contribution >= 0.6 is 0 Å². The standard InChI is InChI=1S/C21H25NO2/c1-19(23)24-16-10-4-9-15-22(17-20-11-5-2-6-12-20)18-21-13-7-3-8-14-21/h2-9,11-14H,10,15-18H2,1H3/b9-4+. The molecule has 0 aliphatic heterocycles. The van der Waals surface area contributed by atoms with Crippen LogP contribution in [0.3, 0.4) is 0 Å². The van der Waals surface area contributed by atoms with Crippen LogP contribution in [0.1, 0.15) is 24.5 Å². The first kappa shape index (κ1) is 18.0. The summed E-state index contributed by atoms with van der Waals surface area (Å²) in [6.45, 7) is 4.56. The lowest BCUT2D eigenvalue weighted by Crippen LogP contribution is -2.22. The van der Waals surface area contributed by atoms with Gasteiger partial charge in [-0.1, -0.05) is 72.8 Å². The van der Waals surface area contributed by atoms with Crippen molar-refractivity contribution in [1.29, 1.82) is 0 Å². The topological polar surface area (TPSA) is 29.5 Å². The molecule has 2 aromatic carbocycles. The summed E-state index contributed by atoms with van der Waals surface area (Å²) in [5.74, 6) is -0.224. The number of carbonyl (C=O) groups excluding carboxylic acids is 1. The molecule has 0 saturated heterocycles. The highest BCUT2D eigenvalue weighted by atomic mass is 16.5. The molecule has 0 heterocycles. The molecule has 0 radical (unpaired) electrons. The summed E-state index contributed by atoms with van der Waals surface area (Å²) >= 11 is 0. The lowest BCUT2D eigenvalue weighted by Gasteiger charge is -2.21. The molecule has 24 heavy (non-hydrogen) atoms. The molecule has 3 heteroatoms. The smallest absolute Gasteiger partial charge is 0.302 e. The van der Waals surface area contributed by atoms with E-state index < -0.39 is 0 Å². The van der Waals surface area contributed by atoms with Gasteiger partial charge in [0.05, 0.1) is 6.61 Å². The van der Waals surface area contributed by atoms with E-state index in [0.29, 0.717) is 6.61 Å². The van der Waals surface area contributed by atoms with Gasteiger partial charge in [0, 0.05) is 26.6 Å². The van der Waals surface area contributed by atoms with Crippen molar-refractivity contribution in [1.82, 2.24) is 4.90 Å². The number of benzene rings is 2. The molecule has 2 rings (SSSR count). The van der Waals surface area contributed by atoms with Crippen molar-refractivity contribution in [3.05, 3.63) is 83.9 Å². The average molecular weight is 323 g/mol. The van der Waals surface area contributed by atoms with Crippen molar-refractivity contribution in [2.24, 2.45) is 0 Å². The molecule has 2 aromatic rings. The fourth-order valence-electron chi connectivity index (χ4n) is 2.48. The van der Waals surface area contributed by atoms with E-state index in [-0.39, 0.29) is 5.97 Å². The lowest BCUT2D eigenvalue weighted by molar-refractivity contribution is -0.140. The number of hydrogen-bond acceptors (Lipinski definition) is 3. The highest BCUT2D eigenvalue weighted by molar-refractivity contribution is 5.65. The Morgan fingerprint density at radius 3 is 1.96 bits per heavy atom. The number of hydrogen-bond donors (Lipinski definition) is 0. The molecule has 0 fully saturated rings. The molecule has 0 N–H and O–H groups in total. The summed E-state index contributed by atoms with van der Waals surface area (Å²) in [4.78, 5) is 13.1. The van der Waals surface area contributed by atoms with E-state index in [0.717, 1.165) is 26.1 Å². The Kier molecular flexibility index (Phi) is 7.78. The Balaban J connectivity index is 1.89. The second-order valence-electron chi connectivity index (χ2n) is 5.74. The van der Waals surface area contributed by atoms with Crippen LogP contribution in [0.5, 0.6) is 0 Å². The number of nitrogens with zero attached hydrogens (tertiary/aromatic N) is 1. The van der Waals surface area contributed by atoms with E-state index in [1.807, 2.05) is 12.1 Å². The molecular weight excluding hydrogens is 298 g/mol. The summed E-state index contributed by atoms with van der Waals surface area (Å²) in [6, 6.07) is 21.0. The van der Waals surface area contributed by atoms with Gasteiger partial charge in [-0.05, 0) is 17.5 Å². The van der Waals surface area contributed by atoms with E-state index in [9.17, 15) is 4.79 Å². The van der Waals surface area contributed by atoms with E-state index >= 15 is 0 Å². The van der Waals surface area contributed by atoms with Gasteiger partial charge < -0.3 is 4.74 Å². The Hall–Kier alpha value is -2.39. The van der Waals surface area contributed by atoms with Gasteiger partial charge in [0.15, 0.2) is 0 Å². The first-order chi connectivity index (χ1) is 11.7. The van der Waals surface area contributed by atoms with Crippen LogP contribution < -0.4 is 0 Å². The second kappa shape index (κ2) is 10.4. The number of rotatable bonds is 9. The highest BCUT2D eigenvalue weighted by Gasteiger charge is 2.05. The van der Waals surface area contributed by atoms with Crippen molar-refractivity contribution in [2.45, 2.75) is 26.4 Å². The zero-order chi connectivity index (χ0) is 17.0. The number of carbonyl (C=O) groups is 1. The predicted molar refractivity (Wildman–Crippen MR) is 97.4 cm³/mol. The lowest BCUT2D eigenvalue weighted by atomic mass is 10.1. The first-order valence-corrected chi connectivity index (χ1v) is 8.32. The normalized spacial score (nSPS) is 11.1. The zero-order valence-corrected chi connectivity index (χ0v) is 14.2. The molecule has 0 amide bonds. The quantitative estimate of drug-likeness (QED) is 0.393. The van der Waals surface area contributed by atoms with Gasteiger partial charge in [0.2, 0.25) is 0 Å². The maximum atomic E-state index is 10.7. The molecule has 0 aliphatic rings. The first-order valence-electron chi connectivity index (χ1n) is 8.32. The number of ether oxygens (including phenoxy) is 1. The van der Waals surface area contributed by atoms with Crippen LogP contribution in [-0.4, -0.2) is 24.0 Å². The third-order valence-electron chi connectivity index (χ3n) is 3.62. The molecule has 0 spiro atoms. The van der Waals surface area contributed by atoms with Crippen molar-refractivity contribution in [3.8, 4) is 0 Å². The van der Waals surface area contributed by atoms with Crippen LogP contribution in [0.4, 0.5) is 0 Å². The average Bonchev–Trinajstić information content (AvgIpc) is 2.59. The van der Waals surface area contributed by atoms with Crippen LogP contribution in [0.15, 0.2) is 72.8 Å². The van der Waals surface area contributed by atoms with Gasteiger partial charge in [0.25, 0.3) is 0 Å². The molecule has 0 bridgehead atoms. The molecule has 3 nitrogen and oxygen atoms in total. The van der Waals surface area contributed by atoms with Gasteiger partial charge in [-0.25, -0.2) is 0 Å². The minimum atomic E-state index is -0.224. The van der Waals surface area contributed by atoms with Gasteiger partial charge in [-0.3, -0.25) is 9.69 Å². The van der Waals surface area contributed by atoms with Gasteiger partial charge >= 0.3 is 5.97 Å². The molecule has 0 unspecified atom stereocenters. The molecular formula is C21H25NO2. The van der Waals surface area contributed by atoms with Crippen LogP contribution in [0.25, 0.3) is 0 Å². The van der Waals surface area contributed by atoms with Crippen molar-refractivity contribution >= 4 is 5.97 Å². The molecule has 0 saturated carbocycles. The van der Waals surface area contributed by atoms with Gasteiger partial charge in [0.1, 0.15) is 0 Å². The van der Waals surface area contributed by atoms with Crippen LogP contribution in [0, 0.1) is 0 Å². The maximum absolute atomic E-state index is 10.7. The molecule has 0 aliphatic carbocycles. The summed E-state index contributed by atoms with van der Waals surface area (Å²) in [5, 5.41) is 0. The van der Waals surface area contributed by atoms with Crippen molar-refractivity contribution in [3.63, 3.8) is 0 Å². The fourth-order valence-corrected chi connectivity index (χ4v) is 2.48. The third-order valence-corrected chi connectivity index (χ3v) is 3.62. The van der Waals surface area contributed by atoms with E-state index in [4.69, 9.17) is 4.74 Å². The maximum Gasteiger partial charge on any atom is 0.302 e. The predicted octanol–water partition coefficient (Wildman–Crippen LogP) is 4.20. The second-order valence-corrected chi connectivity index (χ2v) is 5.74. The summed E-state index contributed by atoms with van der Waals surface area (Å²) in [5.41, 5.74) is 2.61. The minimum absolute atomic E-state index is 0.224. The fraction of sp³-hybridized carbons (Fsp3) is 0.286. The number of esters is 1. The van der Waals surface area contributed by atoms with Gasteiger partial charge in [-0.15, -0.1) is 0 Å². The highest BCUT2D eigenvalue weighted by Crippen LogP contribution is 2.10. The molecule has 0 atom stereocenters. The van der Waals surface area contributed by atoms with Crippen LogP contribution in [0.2, 0.25) is 0 Å². The summed E-state index contributed by atoms with van der Waals surface area (Å²) in [7, 11) is 0. The van der Waals surface area contributed by atoms with Crippen LogP contribution in [-0.2, 0) is 22.6 Å². The summed E-state index contributed by atoms with van der Waals surface area (Å²) < 4.78 is 4.94. The zero-order valence-electron chi connectivity index (χ0n) is 14.2. The third kappa shape index (κ3) is 7.25. The Morgan fingerprint density at radius 1 is 0.917 bits per heavy atom. The molecule has 0 aromatic heterocycles. The van der Waals surface area contributed by atoms with Gasteiger partial charge in [-0.2, -0.15) is 0 Å². The Morgan fingerprint density at radius 2 is 1.46 bits per heavy atom. The van der Waals surface area contributed by atoms with E-state index in [1.54, 1.807) is 0 Å². The van der Waals surface area contributed by atoms with Crippen molar-refractivity contribution < 1.29 is 9.53 Å². The van der Waals surface area contributed by atoms with E-state index in [2.05, 4.69) is 65.6 Å². The summed E-state index contributed by atoms with van der Waals surface area (Å²) in [6.07, 6.45) is 4.98. The Bertz CT molecular complexity index is 581. The largest absolute Gasteiger partial charge is 0.466 e. The Labute approximate surface area is 144 Å². The van der Waals surface area contributed by atoms with Crippen molar-refractivity contribution in [2.75, 3.05) is 13.2 Å². The monoisotopic (exact) mass is 323 g/mol. The molecule has 126 valence electrons. The van der Waals surface area contributed by atoms with E-state index in [1.165, 1.54) is 18.1 Å². The SMILES string of the molecule is CC(=O)OCC/C=C/CN(Cc1ccccc1)Cc1ccccc1.